The third-order valence-electron chi connectivity index (χ3n) is 2.18. The summed E-state index contributed by atoms with van der Waals surface area (Å²) in [7, 11) is 0. The second-order valence-electron chi connectivity index (χ2n) is 4.05. The van der Waals surface area contributed by atoms with E-state index in [1.165, 1.54) is 6.42 Å². The molecule has 0 rings (SSSR count). The first-order valence-corrected chi connectivity index (χ1v) is 5.31. The lowest BCUT2D eigenvalue weighted by atomic mass is 10.0. The summed E-state index contributed by atoms with van der Waals surface area (Å²) in [6.45, 7) is 6.32. The fraction of sp³-hybridized carbons (Fsp3) is 0.750. The minimum absolute atomic E-state index is 0.156. The van der Waals surface area contributed by atoms with Crippen molar-refractivity contribution in [1.82, 2.24) is 0 Å². The van der Waals surface area contributed by atoms with Crippen LogP contribution in [0.25, 0.3) is 0 Å². The fourth-order valence-corrected chi connectivity index (χ4v) is 1.31. The summed E-state index contributed by atoms with van der Waals surface area (Å²) < 4.78 is 5.40. The molecule has 0 aliphatic carbocycles. The Kier molecular flexibility index (Phi) is 7.40. The van der Waals surface area contributed by atoms with Gasteiger partial charge in [0.05, 0.1) is 5.60 Å². The average molecular weight is 198 g/mol. The summed E-state index contributed by atoms with van der Waals surface area (Å²) in [6, 6.07) is 0. The van der Waals surface area contributed by atoms with Crippen LogP contribution < -0.4 is 0 Å². The van der Waals surface area contributed by atoms with Gasteiger partial charge in [0.2, 0.25) is 0 Å². The van der Waals surface area contributed by atoms with Crippen LogP contribution in [0.4, 0.5) is 0 Å². The molecule has 0 spiro atoms. The molecule has 0 aromatic rings. The molecule has 0 saturated carbocycles. The van der Waals surface area contributed by atoms with E-state index < -0.39 is 0 Å². The van der Waals surface area contributed by atoms with Gasteiger partial charge in [-0.15, -0.1) is 0 Å². The molecule has 0 saturated heterocycles. The Labute approximate surface area is 87.3 Å². The van der Waals surface area contributed by atoms with Crippen LogP contribution in [0.15, 0.2) is 12.2 Å². The number of hydrogen-bond donors (Lipinski definition) is 0. The number of unbranched alkanes of at least 4 members (excludes halogenated alkanes) is 2. The maximum Gasteiger partial charge on any atom is 0.145 e. The smallest absolute Gasteiger partial charge is 0.145 e. The van der Waals surface area contributed by atoms with Gasteiger partial charge in [-0.05, 0) is 40.0 Å². The Hall–Kier alpha value is -0.630. The van der Waals surface area contributed by atoms with Crippen LogP contribution in [0.3, 0.4) is 0 Å². The highest BCUT2D eigenvalue weighted by Crippen LogP contribution is 2.18. The quantitative estimate of drug-likeness (QED) is 0.340. The summed E-state index contributed by atoms with van der Waals surface area (Å²) in [5.41, 5.74) is -0.156. The van der Waals surface area contributed by atoms with Crippen molar-refractivity contribution in [1.29, 1.82) is 0 Å². The number of hydrogen-bond acceptors (Lipinski definition) is 2. The Morgan fingerprint density at radius 1 is 1.29 bits per heavy atom. The maximum absolute atomic E-state index is 10.1. The van der Waals surface area contributed by atoms with E-state index >= 15 is 0 Å². The SMILES string of the molecule is C/C=C/CCCCC(C)(C)OCC=O. The van der Waals surface area contributed by atoms with Crippen molar-refractivity contribution < 1.29 is 9.53 Å². The number of rotatable bonds is 8. The van der Waals surface area contributed by atoms with Crippen molar-refractivity contribution in [3.05, 3.63) is 12.2 Å². The molecule has 0 aliphatic rings. The summed E-state index contributed by atoms with van der Waals surface area (Å²) in [5.74, 6) is 0. The minimum Gasteiger partial charge on any atom is -0.368 e. The van der Waals surface area contributed by atoms with Crippen LogP contribution in [0.2, 0.25) is 0 Å². The molecule has 0 aromatic carbocycles. The number of aldehydes is 1. The van der Waals surface area contributed by atoms with Gasteiger partial charge in [-0.1, -0.05) is 18.6 Å². The lowest BCUT2D eigenvalue weighted by molar-refractivity contribution is -0.117. The standard InChI is InChI=1S/C12H22O2/c1-4-5-6-7-8-9-12(2,3)14-11-10-13/h4-5,10H,6-9,11H2,1-3H3/b5-4+. The van der Waals surface area contributed by atoms with Gasteiger partial charge in [0, 0.05) is 0 Å². The Balaban J connectivity index is 3.49. The van der Waals surface area contributed by atoms with E-state index in [1.807, 2.05) is 20.8 Å². The van der Waals surface area contributed by atoms with E-state index in [0.717, 1.165) is 25.5 Å². The molecular weight excluding hydrogens is 176 g/mol. The maximum atomic E-state index is 10.1. The molecular formula is C12H22O2. The molecule has 0 atom stereocenters. The Bertz CT molecular complexity index is 171. The van der Waals surface area contributed by atoms with Crippen LogP contribution in [-0.2, 0) is 9.53 Å². The molecule has 2 heteroatoms. The first kappa shape index (κ1) is 13.4. The number of allylic oxidation sites excluding steroid dienone is 2. The van der Waals surface area contributed by atoms with E-state index in [4.69, 9.17) is 4.74 Å². The zero-order chi connectivity index (χ0) is 10.9. The van der Waals surface area contributed by atoms with E-state index in [9.17, 15) is 4.79 Å². The summed E-state index contributed by atoms with van der Waals surface area (Å²) in [6.07, 6.45) is 9.56. The van der Waals surface area contributed by atoms with E-state index in [0.29, 0.717) is 0 Å². The average Bonchev–Trinajstić information content (AvgIpc) is 2.15. The first-order chi connectivity index (χ1) is 6.62. The minimum atomic E-state index is -0.156. The Morgan fingerprint density at radius 2 is 2.00 bits per heavy atom. The molecule has 0 N–H and O–H groups in total. The second kappa shape index (κ2) is 7.74. The van der Waals surface area contributed by atoms with Crippen LogP contribution in [0.1, 0.15) is 46.5 Å². The summed E-state index contributed by atoms with van der Waals surface area (Å²) in [5, 5.41) is 0. The van der Waals surface area contributed by atoms with Crippen LogP contribution in [-0.4, -0.2) is 18.5 Å². The van der Waals surface area contributed by atoms with Crippen molar-refractivity contribution in [2.45, 2.75) is 52.1 Å². The van der Waals surface area contributed by atoms with Crippen LogP contribution in [0, 0.1) is 0 Å². The highest BCUT2D eigenvalue weighted by atomic mass is 16.5. The zero-order valence-electron chi connectivity index (χ0n) is 9.58. The van der Waals surface area contributed by atoms with Gasteiger partial charge in [0.25, 0.3) is 0 Å². The molecule has 0 fully saturated rings. The van der Waals surface area contributed by atoms with E-state index in [-0.39, 0.29) is 12.2 Å². The van der Waals surface area contributed by atoms with Gasteiger partial charge in [-0.3, -0.25) is 0 Å². The normalized spacial score (nSPS) is 12.2. The fourth-order valence-electron chi connectivity index (χ4n) is 1.31. The predicted octanol–water partition coefficient (Wildman–Crippen LogP) is 3.12. The lowest BCUT2D eigenvalue weighted by Crippen LogP contribution is -2.25. The highest BCUT2D eigenvalue weighted by Gasteiger charge is 2.16. The Morgan fingerprint density at radius 3 is 2.57 bits per heavy atom. The molecule has 0 heterocycles. The van der Waals surface area contributed by atoms with Gasteiger partial charge in [-0.2, -0.15) is 0 Å². The molecule has 0 bridgehead atoms. The van der Waals surface area contributed by atoms with Crippen molar-refractivity contribution in [3.8, 4) is 0 Å². The molecule has 14 heavy (non-hydrogen) atoms. The number of carbonyl (C=O) groups is 1. The van der Waals surface area contributed by atoms with Gasteiger partial charge < -0.3 is 9.53 Å². The van der Waals surface area contributed by atoms with Crippen molar-refractivity contribution in [2.24, 2.45) is 0 Å². The van der Waals surface area contributed by atoms with E-state index in [1.54, 1.807) is 0 Å². The molecule has 2 nitrogen and oxygen atoms in total. The van der Waals surface area contributed by atoms with Gasteiger partial charge >= 0.3 is 0 Å². The molecule has 0 radical (unpaired) electrons. The van der Waals surface area contributed by atoms with Crippen LogP contribution in [0.5, 0.6) is 0 Å². The molecule has 82 valence electrons. The van der Waals surface area contributed by atoms with Gasteiger partial charge in [0.1, 0.15) is 12.9 Å². The third-order valence-corrected chi connectivity index (χ3v) is 2.18. The van der Waals surface area contributed by atoms with E-state index in [2.05, 4.69) is 12.2 Å². The summed E-state index contributed by atoms with van der Waals surface area (Å²) in [4.78, 5) is 10.1. The molecule has 0 unspecified atom stereocenters. The first-order valence-electron chi connectivity index (χ1n) is 5.31. The third kappa shape index (κ3) is 7.99. The van der Waals surface area contributed by atoms with Crippen LogP contribution >= 0.6 is 0 Å². The van der Waals surface area contributed by atoms with Gasteiger partial charge in [-0.25, -0.2) is 0 Å². The number of ether oxygens (including phenoxy) is 1. The van der Waals surface area contributed by atoms with Crippen molar-refractivity contribution in [3.63, 3.8) is 0 Å². The lowest BCUT2D eigenvalue weighted by Gasteiger charge is -2.23. The monoisotopic (exact) mass is 198 g/mol. The van der Waals surface area contributed by atoms with Crippen molar-refractivity contribution >= 4 is 6.29 Å². The molecule has 0 amide bonds. The predicted molar refractivity (Wildman–Crippen MR) is 59.4 cm³/mol. The highest BCUT2D eigenvalue weighted by molar-refractivity contribution is 5.50. The summed E-state index contributed by atoms with van der Waals surface area (Å²) >= 11 is 0. The van der Waals surface area contributed by atoms with Gasteiger partial charge in [0.15, 0.2) is 0 Å². The molecule has 0 aromatic heterocycles. The second-order valence-corrected chi connectivity index (χ2v) is 4.05. The number of carbonyl (C=O) groups excluding carboxylic acids is 1. The largest absolute Gasteiger partial charge is 0.368 e. The molecule has 0 aliphatic heterocycles. The topological polar surface area (TPSA) is 26.3 Å². The zero-order valence-corrected chi connectivity index (χ0v) is 9.58. The van der Waals surface area contributed by atoms with Crippen molar-refractivity contribution in [2.75, 3.05) is 6.61 Å².